The molecule has 4 heterocycles. The number of benzene rings is 2. The molecule has 1 amide bonds. The van der Waals surface area contributed by atoms with E-state index < -0.39 is 35.3 Å². The molecule has 13 heteroatoms. The third kappa shape index (κ3) is 5.71. The first-order valence-electron chi connectivity index (χ1n) is 14.5. The third-order valence-electron chi connectivity index (χ3n) is 8.57. The number of nitrogens with one attached hydrogen (secondary N) is 1. The number of piperazine rings is 1. The van der Waals surface area contributed by atoms with Gasteiger partial charge in [-0.1, -0.05) is 42.3 Å². The minimum atomic E-state index is -1.92. The molecule has 2 N–H and O–H groups in total. The molecule has 3 aliphatic heterocycles. The van der Waals surface area contributed by atoms with Crippen LogP contribution in [0, 0.1) is 5.82 Å². The molecule has 234 valence electrons. The Labute approximate surface area is 264 Å². The van der Waals surface area contributed by atoms with Crippen molar-refractivity contribution < 1.29 is 28.2 Å². The van der Waals surface area contributed by atoms with Crippen molar-refractivity contribution in [2.75, 3.05) is 52.5 Å². The van der Waals surface area contributed by atoms with Crippen molar-refractivity contribution in [3.05, 3.63) is 92.7 Å². The topological polar surface area (TPSA) is 100 Å². The average molecular weight is 649 g/mol. The quantitative estimate of drug-likeness (QED) is 0.340. The molecule has 3 aliphatic rings. The summed E-state index contributed by atoms with van der Waals surface area (Å²) in [4.78, 5) is 26.3. The highest BCUT2D eigenvalue weighted by Crippen LogP contribution is 2.49. The molecule has 0 radical (unpaired) electrons. The summed E-state index contributed by atoms with van der Waals surface area (Å²) in [6.45, 7) is 4.02. The number of nitrogens with zero attached hydrogens (tertiary/aromatic N) is 4. The van der Waals surface area contributed by atoms with Gasteiger partial charge in [-0.05, 0) is 36.2 Å². The van der Waals surface area contributed by atoms with Gasteiger partial charge in [0.1, 0.15) is 17.2 Å². The number of hydrogen-bond acceptors (Lipinski definition) is 8. The van der Waals surface area contributed by atoms with Crippen LogP contribution in [0.25, 0.3) is 0 Å². The molecule has 0 spiro atoms. The standard InChI is InChI=1S/C31H33Cl2F2N5O4/c1-2-30(42,16-39-9-7-36-8-10-39)21-11-24-27(25(34)12-21)31(20-3-5-22(32)6-4-20,44-19-29(35)17-43-18-29)40(28(24)41)15-26-37-13-23(33)14-38-26/h3-6,11-14,36,42H,2,7-10,15-19H2,1H3/t30?,31-/m1/s1. The first-order valence-corrected chi connectivity index (χ1v) is 15.3. The molecule has 1 unspecified atom stereocenters. The van der Waals surface area contributed by atoms with E-state index >= 15 is 8.78 Å². The maximum absolute atomic E-state index is 16.7. The lowest BCUT2D eigenvalue weighted by Gasteiger charge is -2.42. The van der Waals surface area contributed by atoms with Crippen LogP contribution in [0.3, 0.4) is 0 Å². The monoisotopic (exact) mass is 647 g/mol. The van der Waals surface area contributed by atoms with Gasteiger partial charge in [0.15, 0.2) is 5.67 Å². The first-order chi connectivity index (χ1) is 21.1. The van der Waals surface area contributed by atoms with Crippen molar-refractivity contribution in [1.82, 2.24) is 25.1 Å². The molecule has 3 aromatic rings. The zero-order valence-electron chi connectivity index (χ0n) is 24.2. The number of carbonyl (C=O) groups excluding carboxylic acids is 1. The maximum Gasteiger partial charge on any atom is 0.257 e. The van der Waals surface area contributed by atoms with Crippen LogP contribution in [0.2, 0.25) is 10.0 Å². The Morgan fingerprint density at radius 2 is 1.80 bits per heavy atom. The summed E-state index contributed by atoms with van der Waals surface area (Å²) >= 11 is 12.2. The smallest absolute Gasteiger partial charge is 0.257 e. The summed E-state index contributed by atoms with van der Waals surface area (Å²) in [6.07, 6.45) is 3.07. The van der Waals surface area contributed by atoms with Crippen molar-refractivity contribution in [3.8, 4) is 0 Å². The Hall–Kier alpha value is -2.77. The van der Waals surface area contributed by atoms with Gasteiger partial charge in [-0.15, -0.1) is 0 Å². The van der Waals surface area contributed by atoms with E-state index in [0.717, 1.165) is 26.2 Å². The average Bonchev–Trinajstić information content (AvgIpc) is 3.25. The van der Waals surface area contributed by atoms with Gasteiger partial charge in [-0.25, -0.2) is 18.7 Å². The second-order valence-electron chi connectivity index (χ2n) is 11.6. The number of aliphatic hydroxyl groups is 1. The van der Waals surface area contributed by atoms with E-state index in [1.165, 1.54) is 29.4 Å². The second-order valence-corrected chi connectivity index (χ2v) is 12.5. The molecule has 9 nitrogen and oxygen atoms in total. The van der Waals surface area contributed by atoms with E-state index in [4.69, 9.17) is 32.7 Å². The van der Waals surface area contributed by atoms with Crippen LogP contribution in [-0.2, 0) is 27.3 Å². The number of hydrogen-bond donors (Lipinski definition) is 2. The lowest BCUT2D eigenvalue weighted by atomic mass is 9.85. The van der Waals surface area contributed by atoms with Crippen molar-refractivity contribution in [2.45, 2.75) is 36.9 Å². The highest BCUT2D eigenvalue weighted by Gasteiger charge is 2.56. The van der Waals surface area contributed by atoms with Crippen LogP contribution in [-0.4, -0.2) is 89.0 Å². The van der Waals surface area contributed by atoms with E-state index in [1.54, 1.807) is 24.3 Å². The van der Waals surface area contributed by atoms with Gasteiger partial charge in [0.2, 0.25) is 5.72 Å². The van der Waals surface area contributed by atoms with Gasteiger partial charge in [-0.2, -0.15) is 0 Å². The van der Waals surface area contributed by atoms with Crippen molar-refractivity contribution in [1.29, 1.82) is 0 Å². The van der Waals surface area contributed by atoms with E-state index in [0.29, 0.717) is 15.6 Å². The fourth-order valence-electron chi connectivity index (χ4n) is 6.05. The van der Waals surface area contributed by atoms with Crippen molar-refractivity contribution in [3.63, 3.8) is 0 Å². The molecule has 1 aromatic heterocycles. The van der Waals surface area contributed by atoms with Crippen LogP contribution in [0.15, 0.2) is 48.8 Å². The Morgan fingerprint density at radius 1 is 1.11 bits per heavy atom. The van der Waals surface area contributed by atoms with Crippen LogP contribution in [0.5, 0.6) is 0 Å². The van der Waals surface area contributed by atoms with Crippen LogP contribution in [0.4, 0.5) is 8.78 Å². The normalized spacial score (nSPS) is 22.9. The molecule has 2 aromatic carbocycles. The zero-order valence-corrected chi connectivity index (χ0v) is 25.7. The fraction of sp³-hybridized carbons (Fsp3) is 0.452. The lowest BCUT2D eigenvalue weighted by Crippen LogP contribution is -2.54. The number of rotatable bonds is 10. The number of amides is 1. The number of ether oxygens (including phenoxy) is 2. The number of carbonyl (C=O) groups is 1. The number of fused-ring (bicyclic) bond motifs is 1. The number of halogens is 4. The fourth-order valence-corrected chi connectivity index (χ4v) is 6.28. The van der Waals surface area contributed by atoms with E-state index in [2.05, 4.69) is 20.2 Å². The van der Waals surface area contributed by atoms with Crippen LogP contribution < -0.4 is 5.32 Å². The predicted molar refractivity (Wildman–Crippen MR) is 160 cm³/mol. The number of β-amino-alcohol motifs (C(OH)–C–C–N with tert-alkyl or cyclic N) is 1. The van der Waals surface area contributed by atoms with E-state index in [1.807, 2.05) is 6.92 Å². The number of aromatic nitrogens is 2. The Bertz CT molecular complexity index is 1520. The molecular weight excluding hydrogens is 615 g/mol. The molecule has 2 fully saturated rings. The van der Waals surface area contributed by atoms with E-state index in [9.17, 15) is 9.90 Å². The molecule has 0 aliphatic carbocycles. The Kier molecular flexibility index (Phi) is 8.66. The summed E-state index contributed by atoms with van der Waals surface area (Å²) in [5, 5.41) is 15.8. The van der Waals surface area contributed by atoms with Crippen molar-refractivity contribution in [2.24, 2.45) is 0 Å². The van der Waals surface area contributed by atoms with Gasteiger partial charge >= 0.3 is 0 Å². The predicted octanol–water partition coefficient (Wildman–Crippen LogP) is 4.04. The second kappa shape index (κ2) is 12.2. The largest absolute Gasteiger partial charge is 0.384 e. The van der Waals surface area contributed by atoms with Gasteiger partial charge in [0.05, 0.1) is 42.5 Å². The summed E-state index contributed by atoms with van der Waals surface area (Å²) in [5.41, 5.74) is -4.65. The van der Waals surface area contributed by atoms with E-state index in [-0.39, 0.29) is 55.2 Å². The Balaban J connectivity index is 1.51. The van der Waals surface area contributed by atoms with Gasteiger partial charge in [0, 0.05) is 55.7 Å². The summed E-state index contributed by atoms with van der Waals surface area (Å²) in [5.74, 6) is -1.15. The summed E-state index contributed by atoms with van der Waals surface area (Å²) in [6, 6.07) is 9.20. The lowest BCUT2D eigenvalue weighted by molar-refractivity contribution is -0.205. The highest BCUT2D eigenvalue weighted by molar-refractivity contribution is 6.30. The number of alkyl halides is 1. The van der Waals surface area contributed by atoms with Gasteiger partial charge in [0.25, 0.3) is 5.91 Å². The molecular formula is C31H33Cl2F2N5O4. The van der Waals surface area contributed by atoms with Crippen molar-refractivity contribution >= 4 is 29.1 Å². The maximum atomic E-state index is 16.7. The summed E-state index contributed by atoms with van der Waals surface area (Å²) < 4.78 is 43.6. The van der Waals surface area contributed by atoms with Crippen LogP contribution >= 0.6 is 23.2 Å². The minimum Gasteiger partial charge on any atom is -0.384 e. The molecule has 0 saturated carbocycles. The third-order valence-corrected chi connectivity index (χ3v) is 9.02. The van der Waals surface area contributed by atoms with Gasteiger partial charge < -0.3 is 19.9 Å². The van der Waals surface area contributed by atoms with Gasteiger partial charge in [-0.3, -0.25) is 14.6 Å². The Morgan fingerprint density at radius 3 is 2.41 bits per heavy atom. The van der Waals surface area contributed by atoms with Crippen LogP contribution in [0.1, 0.15) is 46.2 Å². The molecule has 6 rings (SSSR count). The summed E-state index contributed by atoms with van der Waals surface area (Å²) in [7, 11) is 0. The molecule has 2 saturated heterocycles. The highest BCUT2D eigenvalue weighted by atomic mass is 35.5. The molecule has 0 bridgehead atoms. The SMILES string of the molecule is CCC(O)(CN1CCNCC1)c1cc(F)c2c(c1)C(=O)N(Cc1ncc(Cl)cn1)[C@@]2(OCC1(F)COC1)c1ccc(Cl)cc1. The minimum absolute atomic E-state index is 0.00568. The molecule has 2 atom stereocenters. The molecule has 44 heavy (non-hydrogen) atoms. The zero-order chi connectivity index (χ0) is 31.1. The first kappa shape index (κ1) is 31.2.